The van der Waals surface area contributed by atoms with Gasteiger partial charge in [-0.25, -0.2) is 10.1 Å². The van der Waals surface area contributed by atoms with E-state index in [0.29, 0.717) is 13.0 Å². The average molecular weight is 351 g/mol. The van der Waals surface area contributed by atoms with Crippen molar-refractivity contribution in [3.8, 4) is 0 Å². The van der Waals surface area contributed by atoms with Gasteiger partial charge >= 0.3 is 0 Å². The molecular formula is C18H17N5OS. The highest BCUT2D eigenvalue weighted by atomic mass is 32.1. The molecule has 126 valence electrons. The number of allylic oxidation sites excluding steroid dienone is 1. The minimum atomic E-state index is -0.138. The zero-order valence-corrected chi connectivity index (χ0v) is 14.3. The van der Waals surface area contributed by atoms with Crippen molar-refractivity contribution in [2.24, 2.45) is 5.10 Å². The highest BCUT2D eigenvalue weighted by Gasteiger charge is 2.01. The van der Waals surface area contributed by atoms with E-state index in [1.807, 2.05) is 54.0 Å². The van der Waals surface area contributed by atoms with E-state index in [1.54, 1.807) is 28.2 Å². The Morgan fingerprint density at radius 2 is 2.12 bits per heavy atom. The van der Waals surface area contributed by atoms with Crippen LogP contribution in [0.5, 0.6) is 0 Å². The number of carbonyl (C=O) groups is 1. The third kappa shape index (κ3) is 5.50. The van der Waals surface area contributed by atoms with Crippen molar-refractivity contribution in [3.05, 3.63) is 76.3 Å². The Hall–Kier alpha value is -3.06. The second kappa shape index (κ2) is 8.70. The Kier molecular flexibility index (Phi) is 5.84. The minimum Gasteiger partial charge on any atom is -0.273 e. The van der Waals surface area contributed by atoms with Gasteiger partial charge in [0.25, 0.3) is 0 Å². The van der Waals surface area contributed by atoms with Gasteiger partial charge in [0.15, 0.2) is 0 Å². The largest absolute Gasteiger partial charge is 0.273 e. The molecule has 6 nitrogen and oxygen atoms in total. The number of aromatic nitrogens is 3. The summed E-state index contributed by atoms with van der Waals surface area (Å²) in [5, 5.41) is 14.0. The van der Waals surface area contributed by atoms with Gasteiger partial charge in [0.05, 0.1) is 19.2 Å². The summed E-state index contributed by atoms with van der Waals surface area (Å²) < 4.78 is 1.77. The van der Waals surface area contributed by atoms with Crippen LogP contribution in [0, 0.1) is 0 Å². The van der Waals surface area contributed by atoms with Gasteiger partial charge in [-0.2, -0.15) is 5.10 Å². The Balaban J connectivity index is 1.45. The first-order valence-corrected chi connectivity index (χ1v) is 8.62. The number of hydrazone groups is 1. The van der Waals surface area contributed by atoms with E-state index in [-0.39, 0.29) is 5.91 Å². The van der Waals surface area contributed by atoms with Crippen molar-refractivity contribution in [1.82, 2.24) is 20.4 Å². The number of carbonyl (C=O) groups excluding carboxylic acids is 1. The van der Waals surface area contributed by atoms with Gasteiger partial charge in [0.2, 0.25) is 5.91 Å². The summed E-state index contributed by atoms with van der Waals surface area (Å²) in [5.41, 5.74) is 4.38. The quantitative estimate of drug-likeness (QED) is 0.525. The predicted octanol–water partition coefficient (Wildman–Crippen LogP) is 2.75. The van der Waals surface area contributed by atoms with E-state index in [1.165, 1.54) is 6.21 Å². The summed E-state index contributed by atoms with van der Waals surface area (Å²) in [4.78, 5) is 12.7. The Morgan fingerprint density at radius 3 is 2.92 bits per heavy atom. The van der Waals surface area contributed by atoms with Gasteiger partial charge in [-0.05, 0) is 29.2 Å². The van der Waals surface area contributed by atoms with Crippen molar-refractivity contribution in [2.45, 2.75) is 13.0 Å². The van der Waals surface area contributed by atoms with E-state index < -0.39 is 0 Å². The standard InChI is InChI=1S/C18H17N5OS/c24-18(12-17-9-5-11-25-17)21-19-10-4-8-16-14-23(22-20-16)13-15-6-2-1-3-7-15/h1-11,14H,12-13H2,(H,21,24)/b8-4+,19-10-. The van der Waals surface area contributed by atoms with Crippen LogP contribution in [-0.4, -0.2) is 27.1 Å². The van der Waals surface area contributed by atoms with Gasteiger partial charge in [0, 0.05) is 11.1 Å². The maximum absolute atomic E-state index is 11.7. The van der Waals surface area contributed by atoms with Crippen LogP contribution in [0.3, 0.4) is 0 Å². The molecule has 1 amide bonds. The lowest BCUT2D eigenvalue weighted by Gasteiger charge is -1.98. The third-order valence-electron chi connectivity index (χ3n) is 3.28. The second-order valence-electron chi connectivity index (χ2n) is 5.25. The van der Waals surface area contributed by atoms with Crippen molar-refractivity contribution < 1.29 is 4.79 Å². The van der Waals surface area contributed by atoms with Gasteiger partial charge in [-0.1, -0.05) is 41.6 Å². The highest BCUT2D eigenvalue weighted by molar-refractivity contribution is 7.10. The van der Waals surface area contributed by atoms with Crippen LogP contribution in [-0.2, 0) is 17.8 Å². The van der Waals surface area contributed by atoms with E-state index in [0.717, 1.165) is 16.1 Å². The summed E-state index contributed by atoms with van der Waals surface area (Å²) in [5.74, 6) is -0.138. The van der Waals surface area contributed by atoms with Gasteiger partial charge in [-0.15, -0.1) is 16.4 Å². The topological polar surface area (TPSA) is 72.2 Å². The van der Waals surface area contributed by atoms with Crippen molar-refractivity contribution in [2.75, 3.05) is 0 Å². The molecule has 0 aliphatic rings. The van der Waals surface area contributed by atoms with Crippen molar-refractivity contribution >= 4 is 29.5 Å². The molecule has 0 saturated carbocycles. The average Bonchev–Trinajstić information content (AvgIpc) is 3.28. The lowest BCUT2D eigenvalue weighted by molar-refractivity contribution is -0.120. The zero-order valence-electron chi connectivity index (χ0n) is 13.4. The number of nitrogens with one attached hydrogen (secondary N) is 1. The molecule has 0 bridgehead atoms. The van der Waals surface area contributed by atoms with Gasteiger partial charge in [0.1, 0.15) is 5.69 Å². The lowest BCUT2D eigenvalue weighted by atomic mass is 10.2. The van der Waals surface area contributed by atoms with Crippen LogP contribution < -0.4 is 5.43 Å². The summed E-state index contributed by atoms with van der Waals surface area (Å²) in [7, 11) is 0. The van der Waals surface area contributed by atoms with Crippen LogP contribution in [0.2, 0.25) is 0 Å². The third-order valence-corrected chi connectivity index (χ3v) is 4.15. The van der Waals surface area contributed by atoms with E-state index in [2.05, 4.69) is 20.8 Å². The molecule has 0 unspecified atom stereocenters. The molecule has 0 aliphatic heterocycles. The molecule has 3 rings (SSSR count). The van der Waals surface area contributed by atoms with E-state index >= 15 is 0 Å². The molecule has 3 aromatic rings. The lowest BCUT2D eigenvalue weighted by Crippen LogP contribution is -2.18. The normalized spacial score (nSPS) is 11.4. The first-order valence-electron chi connectivity index (χ1n) is 7.74. The molecule has 0 spiro atoms. The summed E-state index contributed by atoms with van der Waals surface area (Å²) in [6, 6.07) is 13.9. The molecule has 0 radical (unpaired) electrons. The fourth-order valence-corrected chi connectivity index (χ4v) is 2.85. The molecule has 1 aromatic carbocycles. The zero-order chi connectivity index (χ0) is 17.3. The first-order chi connectivity index (χ1) is 12.3. The van der Waals surface area contributed by atoms with Crippen LogP contribution >= 0.6 is 11.3 Å². The fraction of sp³-hybridized carbons (Fsp3) is 0.111. The molecular weight excluding hydrogens is 334 g/mol. The fourth-order valence-electron chi connectivity index (χ4n) is 2.14. The van der Waals surface area contributed by atoms with Crippen LogP contribution in [0.4, 0.5) is 0 Å². The smallest absolute Gasteiger partial charge is 0.245 e. The van der Waals surface area contributed by atoms with Crippen molar-refractivity contribution in [3.63, 3.8) is 0 Å². The van der Waals surface area contributed by atoms with Gasteiger partial charge < -0.3 is 0 Å². The molecule has 2 aromatic heterocycles. The summed E-state index contributed by atoms with van der Waals surface area (Å²) >= 11 is 1.55. The number of hydrogen-bond acceptors (Lipinski definition) is 5. The molecule has 7 heteroatoms. The minimum absolute atomic E-state index is 0.138. The number of rotatable bonds is 7. The maximum Gasteiger partial charge on any atom is 0.245 e. The molecule has 25 heavy (non-hydrogen) atoms. The first kappa shape index (κ1) is 16.8. The van der Waals surface area contributed by atoms with Crippen LogP contribution in [0.1, 0.15) is 16.1 Å². The molecule has 0 atom stereocenters. The molecule has 2 heterocycles. The maximum atomic E-state index is 11.7. The Morgan fingerprint density at radius 1 is 1.24 bits per heavy atom. The summed E-state index contributed by atoms with van der Waals surface area (Å²) in [6.45, 7) is 0.675. The highest BCUT2D eigenvalue weighted by Crippen LogP contribution is 2.08. The molecule has 0 saturated heterocycles. The summed E-state index contributed by atoms with van der Waals surface area (Å²) in [6.07, 6.45) is 7.20. The molecule has 0 fully saturated rings. The predicted molar refractivity (Wildman–Crippen MR) is 99.3 cm³/mol. The van der Waals surface area contributed by atoms with Crippen LogP contribution in [0.25, 0.3) is 6.08 Å². The number of nitrogens with zero attached hydrogens (tertiary/aromatic N) is 4. The Bertz CT molecular complexity index is 853. The van der Waals surface area contributed by atoms with Crippen LogP contribution in [0.15, 0.2) is 65.2 Å². The number of hydrogen-bond donors (Lipinski definition) is 1. The van der Waals surface area contributed by atoms with Gasteiger partial charge in [-0.3, -0.25) is 4.79 Å². The van der Waals surface area contributed by atoms with Crippen molar-refractivity contribution in [1.29, 1.82) is 0 Å². The second-order valence-corrected chi connectivity index (χ2v) is 6.29. The number of thiophene rings is 1. The van der Waals surface area contributed by atoms with E-state index in [4.69, 9.17) is 0 Å². The van der Waals surface area contributed by atoms with E-state index in [9.17, 15) is 4.79 Å². The SMILES string of the molecule is O=C(Cc1cccs1)N/N=C\C=C\c1cn(Cc2ccccc2)nn1. The Labute approximate surface area is 149 Å². The number of amides is 1. The molecule has 0 aliphatic carbocycles. The monoisotopic (exact) mass is 351 g/mol. The number of benzene rings is 1. The molecule has 1 N–H and O–H groups in total.